The summed E-state index contributed by atoms with van der Waals surface area (Å²) in [5, 5.41) is 9.80. The number of β-amino-alcohol motifs (C(OH)–C–C–N with tert-alkyl or cyclic N) is 1. The van der Waals surface area contributed by atoms with Crippen molar-refractivity contribution in [3.05, 3.63) is 29.8 Å². The van der Waals surface area contributed by atoms with Gasteiger partial charge in [-0.3, -0.25) is 9.21 Å². The van der Waals surface area contributed by atoms with E-state index >= 15 is 0 Å². The van der Waals surface area contributed by atoms with Crippen molar-refractivity contribution in [2.24, 2.45) is 0 Å². The van der Waals surface area contributed by atoms with Gasteiger partial charge in [0.15, 0.2) is 0 Å². The van der Waals surface area contributed by atoms with Gasteiger partial charge in [-0.2, -0.15) is 0 Å². The maximum atomic E-state index is 11.9. The predicted molar refractivity (Wildman–Crippen MR) is 80.2 cm³/mol. The average Bonchev–Trinajstić information content (AvgIpc) is 2.56. The van der Waals surface area contributed by atoms with Crippen LogP contribution in [-0.4, -0.2) is 50.4 Å². The molecule has 1 atom stereocenters. The summed E-state index contributed by atoms with van der Waals surface area (Å²) in [5.74, 6) is 0. The van der Waals surface area contributed by atoms with Crippen LogP contribution in [0.25, 0.3) is 0 Å². The molecule has 112 valence electrons. The summed E-state index contributed by atoms with van der Waals surface area (Å²) in [7, 11) is -3.28. The summed E-state index contributed by atoms with van der Waals surface area (Å²) in [6.07, 6.45) is 1.57. The Balaban J connectivity index is 2.29. The van der Waals surface area contributed by atoms with Crippen LogP contribution in [0.4, 0.5) is 5.69 Å². The second kappa shape index (κ2) is 6.11. The molecule has 1 heterocycles. The lowest BCUT2D eigenvalue weighted by Crippen LogP contribution is -2.37. The number of nitrogens with zero attached hydrogens (tertiary/aromatic N) is 2. The van der Waals surface area contributed by atoms with Crippen LogP contribution in [0.3, 0.4) is 0 Å². The van der Waals surface area contributed by atoms with Gasteiger partial charge in [-0.1, -0.05) is 25.1 Å². The van der Waals surface area contributed by atoms with Gasteiger partial charge in [-0.05, 0) is 18.1 Å². The van der Waals surface area contributed by atoms with Crippen molar-refractivity contribution in [2.75, 3.05) is 30.2 Å². The highest BCUT2D eigenvalue weighted by Crippen LogP contribution is 2.26. The molecule has 20 heavy (non-hydrogen) atoms. The minimum atomic E-state index is -3.28. The smallest absolute Gasteiger partial charge is 0.232 e. The Kier molecular flexibility index (Phi) is 4.67. The van der Waals surface area contributed by atoms with Crippen LogP contribution < -0.4 is 4.31 Å². The quantitative estimate of drug-likeness (QED) is 0.902. The first kappa shape index (κ1) is 15.3. The van der Waals surface area contributed by atoms with Crippen molar-refractivity contribution >= 4 is 15.7 Å². The van der Waals surface area contributed by atoms with Crippen LogP contribution in [0.1, 0.15) is 18.9 Å². The Morgan fingerprint density at radius 2 is 2.00 bits per heavy atom. The van der Waals surface area contributed by atoms with E-state index in [4.69, 9.17) is 0 Å². The summed E-state index contributed by atoms with van der Waals surface area (Å²) < 4.78 is 25.3. The van der Waals surface area contributed by atoms with Crippen molar-refractivity contribution in [3.8, 4) is 0 Å². The van der Waals surface area contributed by atoms with Gasteiger partial charge in [0.25, 0.3) is 0 Å². The number of fused-ring (bicyclic) bond motifs is 1. The molecule has 5 nitrogen and oxygen atoms in total. The minimum Gasteiger partial charge on any atom is -0.392 e. The molecule has 0 aliphatic carbocycles. The molecule has 6 heteroatoms. The molecule has 1 aromatic rings. The SMILES string of the molecule is CCC(O)CN1CCN(S(C)(=O)=O)c2ccccc2C1. The number of hydrogen-bond acceptors (Lipinski definition) is 4. The van der Waals surface area contributed by atoms with Crippen molar-refractivity contribution in [1.82, 2.24) is 4.90 Å². The van der Waals surface area contributed by atoms with Crippen LogP contribution >= 0.6 is 0 Å². The van der Waals surface area contributed by atoms with Crippen LogP contribution in [-0.2, 0) is 16.6 Å². The molecule has 0 aromatic heterocycles. The topological polar surface area (TPSA) is 60.9 Å². The van der Waals surface area contributed by atoms with Crippen molar-refractivity contribution in [2.45, 2.75) is 26.0 Å². The van der Waals surface area contributed by atoms with Gasteiger partial charge in [0.1, 0.15) is 0 Å². The fourth-order valence-electron chi connectivity index (χ4n) is 2.49. The summed E-state index contributed by atoms with van der Waals surface area (Å²) in [5.41, 5.74) is 1.74. The lowest BCUT2D eigenvalue weighted by atomic mass is 10.1. The Labute approximate surface area is 120 Å². The number of anilines is 1. The third-order valence-electron chi connectivity index (χ3n) is 3.61. The van der Waals surface area contributed by atoms with E-state index in [0.717, 1.165) is 11.3 Å². The normalized spacial score (nSPS) is 18.4. The van der Waals surface area contributed by atoms with Crippen LogP contribution in [0.5, 0.6) is 0 Å². The fourth-order valence-corrected chi connectivity index (χ4v) is 3.44. The average molecular weight is 298 g/mol. The molecule has 1 aliphatic heterocycles. The number of para-hydroxylation sites is 1. The largest absolute Gasteiger partial charge is 0.392 e. The highest BCUT2D eigenvalue weighted by Gasteiger charge is 2.25. The van der Waals surface area contributed by atoms with Gasteiger partial charge < -0.3 is 5.11 Å². The zero-order valence-electron chi connectivity index (χ0n) is 12.0. The molecule has 0 radical (unpaired) electrons. The molecule has 0 fully saturated rings. The van der Waals surface area contributed by atoms with Gasteiger partial charge in [0, 0.05) is 26.2 Å². The zero-order valence-corrected chi connectivity index (χ0v) is 12.8. The van der Waals surface area contributed by atoms with Crippen LogP contribution in [0.2, 0.25) is 0 Å². The number of benzene rings is 1. The minimum absolute atomic E-state index is 0.369. The van der Waals surface area contributed by atoms with Gasteiger partial charge in [-0.15, -0.1) is 0 Å². The Morgan fingerprint density at radius 3 is 2.65 bits per heavy atom. The van der Waals surface area contributed by atoms with E-state index in [1.165, 1.54) is 10.6 Å². The molecular formula is C14H22N2O3S. The van der Waals surface area contributed by atoms with E-state index < -0.39 is 10.0 Å². The predicted octanol–water partition coefficient (Wildman–Crippen LogP) is 1.04. The maximum Gasteiger partial charge on any atom is 0.232 e. The van der Waals surface area contributed by atoms with Crippen LogP contribution in [0, 0.1) is 0 Å². The number of hydrogen-bond donors (Lipinski definition) is 1. The Morgan fingerprint density at radius 1 is 1.30 bits per heavy atom. The zero-order chi connectivity index (χ0) is 14.8. The second-order valence-corrected chi connectivity index (χ2v) is 7.17. The molecule has 2 rings (SSSR count). The van der Waals surface area contributed by atoms with E-state index in [2.05, 4.69) is 4.90 Å². The molecule has 1 aliphatic rings. The van der Waals surface area contributed by atoms with Crippen molar-refractivity contribution < 1.29 is 13.5 Å². The molecule has 1 aromatic carbocycles. The lowest BCUT2D eigenvalue weighted by molar-refractivity contribution is 0.108. The Bertz CT molecular complexity index is 559. The summed E-state index contributed by atoms with van der Waals surface area (Å²) in [6.45, 7) is 4.23. The molecule has 1 N–H and O–H groups in total. The molecular weight excluding hydrogens is 276 g/mol. The van der Waals surface area contributed by atoms with Crippen LogP contribution in [0.15, 0.2) is 24.3 Å². The fraction of sp³-hybridized carbons (Fsp3) is 0.571. The molecule has 1 unspecified atom stereocenters. The number of aliphatic hydroxyl groups is 1. The van der Waals surface area contributed by atoms with Gasteiger partial charge in [0.05, 0.1) is 18.0 Å². The first-order valence-electron chi connectivity index (χ1n) is 6.88. The maximum absolute atomic E-state index is 11.9. The van der Waals surface area contributed by atoms with E-state index in [9.17, 15) is 13.5 Å². The highest BCUT2D eigenvalue weighted by molar-refractivity contribution is 7.92. The van der Waals surface area contributed by atoms with Gasteiger partial charge in [0.2, 0.25) is 10.0 Å². The first-order chi connectivity index (χ1) is 9.41. The van der Waals surface area contributed by atoms with E-state index in [-0.39, 0.29) is 6.10 Å². The van der Waals surface area contributed by atoms with Gasteiger partial charge >= 0.3 is 0 Å². The van der Waals surface area contributed by atoms with E-state index in [0.29, 0.717) is 32.6 Å². The summed E-state index contributed by atoms with van der Waals surface area (Å²) in [4.78, 5) is 2.11. The number of rotatable bonds is 4. The third-order valence-corrected chi connectivity index (χ3v) is 4.79. The number of aliphatic hydroxyl groups excluding tert-OH is 1. The van der Waals surface area contributed by atoms with Crippen molar-refractivity contribution in [1.29, 1.82) is 0 Å². The first-order valence-corrected chi connectivity index (χ1v) is 8.72. The summed E-state index contributed by atoms with van der Waals surface area (Å²) in [6, 6.07) is 7.56. The monoisotopic (exact) mass is 298 g/mol. The second-order valence-electron chi connectivity index (χ2n) is 5.26. The molecule has 0 amide bonds. The molecule has 0 saturated heterocycles. The molecule has 0 bridgehead atoms. The number of sulfonamides is 1. The van der Waals surface area contributed by atoms with Gasteiger partial charge in [-0.25, -0.2) is 8.42 Å². The lowest BCUT2D eigenvalue weighted by Gasteiger charge is -2.23. The molecule has 0 saturated carbocycles. The van der Waals surface area contributed by atoms with E-state index in [1.807, 2.05) is 31.2 Å². The Hall–Kier alpha value is -1.11. The standard InChI is InChI=1S/C14H22N2O3S/c1-3-13(17)11-15-8-9-16(20(2,18)19)14-7-5-4-6-12(14)10-15/h4-7,13,17H,3,8-11H2,1-2H3. The van der Waals surface area contributed by atoms with E-state index in [1.54, 1.807) is 0 Å². The third kappa shape index (κ3) is 3.50. The highest BCUT2D eigenvalue weighted by atomic mass is 32.2. The summed E-state index contributed by atoms with van der Waals surface area (Å²) >= 11 is 0. The van der Waals surface area contributed by atoms with Crippen molar-refractivity contribution in [3.63, 3.8) is 0 Å². The molecule has 0 spiro atoms.